The van der Waals surface area contributed by atoms with Gasteiger partial charge < -0.3 is 10.8 Å². The third kappa shape index (κ3) is 2.48. The van der Waals surface area contributed by atoms with Crippen LogP contribution in [-0.2, 0) is 4.79 Å². The van der Waals surface area contributed by atoms with Crippen molar-refractivity contribution in [2.24, 2.45) is 5.73 Å². The number of carbonyl (C=O) groups excluding carboxylic acids is 2. The number of urea groups is 1. The Balaban J connectivity index is 2.15. The van der Waals surface area contributed by atoms with Gasteiger partial charge in [-0.25, -0.2) is 4.79 Å². The lowest BCUT2D eigenvalue weighted by Gasteiger charge is -2.34. The lowest BCUT2D eigenvalue weighted by Crippen LogP contribution is -2.54. The summed E-state index contributed by atoms with van der Waals surface area (Å²) in [7, 11) is 0. The van der Waals surface area contributed by atoms with Crippen molar-refractivity contribution in [3.05, 3.63) is 0 Å². The lowest BCUT2D eigenvalue weighted by atomic mass is 10.2. The summed E-state index contributed by atoms with van der Waals surface area (Å²) in [6.45, 7) is 1.07. The van der Waals surface area contributed by atoms with Crippen molar-refractivity contribution in [1.82, 2.24) is 10.2 Å². The molecule has 1 heterocycles. The van der Waals surface area contributed by atoms with Gasteiger partial charge in [-0.3, -0.25) is 15.0 Å². The molecule has 12 heavy (non-hydrogen) atoms. The van der Waals surface area contributed by atoms with Crippen LogP contribution in [0.1, 0.15) is 0 Å². The lowest BCUT2D eigenvalue weighted by molar-refractivity contribution is -0.123. The van der Waals surface area contributed by atoms with Crippen LogP contribution in [0.5, 0.6) is 0 Å². The smallest absolute Gasteiger partial charge is 0.318 e. The van der Waals surface area contributed by atoms with E-state index in [1.165, 1.54) is 0 Å². The Kier molecular flexibility index (Phi) is 2.61. The standard InChI is InChI=1S/C6H11N3O3/c7-6(12)8-5(11)3-9-1-4(10)2-9/h4,10H,1-3H2,(H3,7,8,11,12). The highest BCUT2D eigenvalue weighted by Crippen LogP contribution is 2.05. The van der Waals surface area contributed by atoms with Gasteiger partial charge in [-0.15, -0.1) is 0 Å². The van der Waals surface area contributed by atoms with E-state index in [1.807, 2.05) is 5.32 Å². The molecule has 4 N–H and O–H groups in total. The number of carbonyl (C=O) groups is 2. The van der Waals surface area contributed by atoms with Crippen LogP contribution < -0.4 is 11.1 Å². The Bertz CT molecular complexity index is 200. The average Bonchev–Trinajstić information content (AvgIpc) is 1.82. The predicted molar refractivity (Wildman–Crippen MR) is 40.2 cm³/mol. The zero-order valence-electron chi connectivity index (χ0n) is 6.49. The van der Waals surface area contributed by atoms with Crippen LogP contribution in [0.25, 0.3) is 0 Å². The summed E-state index contributed by atoms with van der Waals surface area (Å²) < 4.78 is 0. The molecule has 0 aromatic rings. The summed E-state index contributed by atoms with van der Waals surface area (Å²) in [5.41, 5.74) is 4.72. The Morgan fingerprint density at radius 1 is 1.58 bits per heavy atom. The number of imide groups is 1. The summed E-state index contributed by atoms with van der Waals surface area (Å²) in [5.74, 6) is -0.436. The van der Waals surface area contributed by atoms with Gasteiger partial charge in [0.15, 0.2) is 0 Å². The molecule has 0 unspecified atom stereocenters. The van der Waals surface area contributed by atoms with Crippen LogP contribution >= 0.6 is 0 Å². The van der Waals surface area contributed by atoms with E-state index in [-0.39, 0.29) is 12.6 Å². The third-order valence-electron chi connectivity index (χ3n) is 1.57. The van der Waals surface area contributed by atoms with Crippen molar-refractivity contribution in [3.8, 4) is 0 Å². The molecule has 0 bridgehead atoms. The second kappa shape index (κ2) is 3.51. The van der Waals surface area contributed by atoms with Gasteiger partial charge >= 0.3 is 6.03 Å². The SMILES string of the molecule is NC(=O)NC(=O)CN1CC(O)C1. The highest BCUT2D eigenvalue weighted by atomic mass is 16.3. The summed E-state index contributed by atoms with van der Waals surface area (Å²) in [5, 5.41) is 10.8. The molecule has 1 fully saturated rings. The van der Waals surface area contributed by atoms with Gasteiger partial charge in [0, 0.05) is 13.1 Å². The van der Waals surface area contributed by atoms with Crippen LogP contribution in [0.2, 0.25) is 0 Å². The number of β-amino-alcohol motifs (C(OH)–C–C–N with tert-alkyl or cyclic N) is 1. The molecular formula is C6H11N3O3. The van der Waals surface area contributed by atoms with Gasteiger partial charge in [-0.05, 0) is 0 Å². The number of hydrogen-bond acceptors (Lipinski definition) is 4. The minimum Gasteiger partial charge on any atom is -0.390 e. The van der Waals surface area contributed by atoms with Crippen LogP contribution in [0.4, 0.5) is 4.79 Å². The quantitative estimate of drug-likeness (QED) is 0.444. The molecule has 0 aromatic heterocycles. The molecule has 3 amide bonds. The maximum Gasteiger partial charge on any atom is 0.318 e. The van der Waals surface area contributed by atoms with Crippen LogP contribution in [0.3, 0.4) is 0 Å². The summed E-state index contributed by atoms with van der Waals surface area (Å²) in [6, 6.07) is -0.846. The van der Waals surface area contributed by atoms with E-state index in [2.05, 4.69) is 0 Å². The van der Waals surface area contributed by atoms with E-state index in [4.69, 9.17) is 10.8 Å². The number of nitrogens with zero attached hydrogens (tertiary/aromatic N) is 1. The van der Waals surface area contributed by atoms with Crippen molar-refractivity contribution in [2.45, 2.75) is 6.10 Å². The third-order valence-corrected chi connectivity index (χ3v) is 1.57. The average molecular weight is 173 g/mol. The topological polar surface area (TPSA) is 95.7 Å². The number of hydrogen-bond donors (Lipinski definition) is 3. The predicted octanol–water partition coefficient (Wildman–Crippen LogP) is -2.14. The highest BCUT2D eigenvalue weighted by Gasteiger charge is 2.25. The molecule has 6 nitrogen and oxygen atoms in total. The van der Waals surface area contributed by atoms with E-state index in [1.54, 1.807) is 4.90 Å². The van der Waals surface area contributed by atoms with Gasteiger partial charge in [0.25, 0.3) is 0 Å². The number of likely N-dealkylation sites (tertiary alicyclic amines) is 1. The molecule has 1 aliphatic rings. The maximum absolute atomic E-state index is 10.8. The molecule has 0 saturated carbocycles. The minimum absolute atomic E-state index is 0.111. The number of amides is 3. The van der Waals surface area contributed by atoms with Crippen LogP contribution in [0.15, 0.2) is 0 Å². The molecule has 6 heteroatoms. The van der Waals surface area contributed by atoms with Crippen LogP contribution in [-0.4, -0.2) is 47.7 Å². The highest BCUT2D eigenvalue weighted by molar-refractivity contribution is 5.94. The van der Waals surface area contributed by atoms with Crippen molar-refractivity contribution in [3.63, 3.8) is 0 Å². The molecular weight excluding hydrogens is 162 g/mol. The maximum atomic E-state index is 10.8. The first-order chi connectivity index (χ1) is 5.58. The number of aliphatic hydroxyl groups is 1. The Morgan fingerprint density at radius 3 is 2.58 bits per heavy atom. The first-order valence-electron chi connectivity index (χ1n) is 3.57. The van der Waals surface area contributed by atoms with E-state index >= 15 is 0 Å². The van der Waals surface area contributed by atoms with Crippen molar-refractivity contribution in [1.29, 1.82) is 0 Å². The second-order valence-corrected chi connectivity index (χ2v) is 2.76. The van der Waals surface area contributed by atoms with E-state index in [9.17, 15) is 9.59 Å². The minimum atomic E-state index is -0.846. The summed E-state index contributed by atoms with van der Waals surface area (Å²) in [4.78, 5) is 22.7. The Hall–Kier alpha value is -1.14. The summed E-state index contributed by atoms with van der Waals surface area (Å²) in [6.07, 6.45) is -0.341. The van der Waals surface area contributed by atoms with Crippen molar-refractivity contribution < 1.29 is 14.7 Å². The van der Waals surface area contributed by atoms with E-state index in [0.717, 1.165) is 0 Å². The molecule has 1 saturated heterocycles. The van der Waals surface area contributed by atoms with Crippen LogP contribution in [0, 0.1) is 0 Å². The van der Waals surface area contributed by atoms with E-state index < -0.39 is 11.9 Å². The van der Waals surface area contributed by atoms with Crippen molar-refractivity contribution in [2.75, 3.05) is 19.6 Å². The van der Waals surface area contributed by atoms with Gasteiger partial charge in [0.1, 0.15) is 0 Å². The Morgan fingerprint density at radius 2 is 2.17 bits per heavy atom. The zero-order valence-corrected chi connectivity index (χ0v) is 6.49. The fraction of sp³-hybridized carbons (Fsp3) is 0.667. The second-order valence-electron chi connectivity index (χ2n) is 2.76. The van der Waals surface area contributed by atoms with Crippen molar-refractivity contribution >= 4 is 11.9 Å². The van der Waals surface area contributed by atoms with Gasteiger partial charge in [0.05, 0.1) is 12.6 Å². The van der Waals surface area contributed by atoms with E-state index in [0.29, 0.717) is 13.1 Å². The zero-order chi connectivity index (χ0) is 9.14. The first-order valence-corrected chi connectivity index (χ1v) is 3.57. The number of nitrogens with two attached hydrogens (primary N) is 1. The molecule has 0 radical (unpaired) electrons. The fourth-order valence-electron chi connectivity index (χ4n) is 1.05. The number of nitrogens with one attached hydrogen (secondary N) is 1. The Labute approximate surface area is 69.3 Å². The normalized spacial score (nSPS) is 18.4. The van der Waals surface area contributed by atoms with Gasteiger partial charge in [-0.2, -0.15) is 0 Å². The monoisotopic (exact) mass is 173 g/mol. The number of aliphatic hydroxyl groups excluding tert-OH is 1. The largest absolute Gasteiger partial charge is 0.390 e. The van der Waals surface area contributed by atoms with Gasteiger partial charge in [-0.1, -0.05) is 0 Å². The molecule has 0 aromatic carbocycles. The molecule has 1 rings (SSSR count). The summed E-state index contributed by atoms with van der Waals surface area (Å²) >= 11 is 0. The van der Waals surface area contributed by atoms with Gasteiger partial charge in [0.2, 0.25) is 5.91 Å². The fourth-order valence-corrected chi connectivity index (χ4v) is 1.05. The number of rotatable bonds is 2. The molecule has 0 atom stereocenters. The molecule has 0 spiro atoms. The molecule has 0 aliphatic carbocycles. The molecule has 68 valence electrons. The number of primary amides is 1. The first kappa shape index (κ1) is 8.95. The molecule has 1 aliphatic heterocycles.